The van der Waals surface area contributed by atoms with Gasteiger partial charge in [-0.1, -0.05) is 0 Å². The number of carbonyl (C=O) groups is 2. The zero-order valence-corrected chi connectivity index (χ0v) is 6.84. The van der Waals surface area contributed by atoms with Gasteiger partial charge in [0.05, 0.1) is 0 Å². The summed E-state index contributed by atoms with van der Waals surface area (Å²) in [5.74, 6) is -1.93. The molecule has 0 fully saturated rings. The van der Waals surface area contributed by atoms with Gasteiger partial charge in [-0.2, -0.15) is 0 Å². The largest absolute Gasteiger partial charge is 0.481 e. The molecule has 4 nitrogen and oxygen atoms in total. The molecule has 0 amide bonds. The van der Waals surface area contributed by atoms with Crippen LogP contribution in [-0.2, 0) is 9.59 Å². The molecule has 1 aromatic rings. The smallest absolute Gasteiger partial charge is 0.323 e. The number of esters is 1. The highest BCUT2D eigenvalue weighted by Crippen LogP contribution is 2.18. The number of hydrogen-bond acceptors (Lipinski definition) is 4. The summed E-state index contributed by atoms with van der Waals surface area (Å²) in [4.78, 5) is 20.8. The van der Waals surface area contributed by atoms with Crippen molar-refractivity contribution in [2.45, 2.75) is 6.42 Å². The van der Waals surface area contributed by atoms with Crippen molar-refractivity contribution in [1.82, 2.24) is 0 Å². The van der Waals surface area contributed by atoms with Gasteiger partial charge in [-0.05, 0) is 17.5 Å². The van der Waals surface area contributed by atoms with E-state index < -0.39 is 18.4 Å². The summed E-state index contributed by atoms with van der Waals surface area (Å²) in [6.07, 6.45) is -0.599. The van der Waals surface area contributed by atoms with Gasteiger partial charge in [-0.25, -0.2) is 0 Å². The van der Waals surface area contributed by atoms with Gasteiger partial charge < -0.3 is 9.84 Å². The molecule has 0 aromatic carbocycles. The Bertz CT molecular complexity index is 278. The van der Waals surface area contributed by atoms with Crippen LogP contribution in [0.15, 0.2) is 17.5 Å². The quantitative estimate of drug-likeness (QED) is 0.567. The summed E-state index contributed by atoms with van der Waals surface area (Å²) in [5.41, 5.74) is 0. The second-order valence-electron chi connectivity index (χ2n) is 1.98. The van der Waals surface area contributed by atoms with Crippen LogP contribution in [0, 0.1) is 0 Å². The molecular weight excluding hydrogens is 180 g/mol. The van der Waals surface area contributed by atoms with Crippen LogP contribution >= 0.6 is 11.3 Å². The molecule has 64 valence electrons. The molecule has 0 spiro atoms. The normalized spacial score (nSPS) is 9.33. The lowest BCUT2D eigenvalue weighted by Crippen LogP contribution is -2.12. The number of hydrogen-bond donors (Lipinski definition) is 1. The summed E-state index contributed by atoms with van der Waals surface area (Å²) in [6, 6.07) is 3.32. The molecule has 0 saturated carbocycles. The van der Waals surface area contributed by atoms with Crippen molar-refractivity contribution >= 4 is 23.3 Å². The minimum Gasteiger partial charge on any atom is -0.481 e. The van der Waals surface area contributed by atoms with E-state index in [9.17, 15) is 9.59 Å². The van der Waals surface area contributed by atoms with Gasteiger partial charge in [0.15, 0.2) is 5.06 Å². The Morgan fingerprint density at radius 2 is 2.33 bits per heavy atom. The minimum absolute atomic E-state index is 0.418. The first kappa shape index (κ1) is 8.73. The second kappa shape index (κ2) is 3.87. The zero-order valence-electron chi connectivity index (χ0n) is 6.02. The fraction of sp³-hybridized carbons (Fsp3) is 0.143. The molecule has 1 aromatic heterocycles. The number of carboxylic acid groups (broad SMARTS) is 1. The van der Waals surface area contributed by atoms with Crippen molar-refractivity contribution in [2.24, 2.45) is 0 Å². The van der Waals surface area contributed by atoms with Crippen LogP contribution in [0.3, 0.4) is 0 Å². The fourth-order valence-electron chi connectivity index (χ4n) is 0.593. The molecule has 1 rings (SSSR count). The predicted molar refractivity (Wildman–Crippen MR) is 42.2 cm³/mol. The van der Waals surface area contributed by atoms with Crippen molar-refractivity contribution < 1.29 is 19.4 Å². The third-order valence-electron chi connectivity index (χ3n) is 1.01. The molecule has 0 bridgehead atoms. The van der Waals surface area contributed by atoms with E-state index in [0.717, 1.165) is 0 Å². The number of carboxylic acids is 1. The highest BCUT2D eigenvalue weighted by molar-refractivity contribution is 7.11. The van der Waals surface area contributed by atoms with Gasteiger partial charge in [0.2, 0.25) is 0 Å². The zero-order chi connectivity index (χ0) is 8.97. The highest BCUT2D eigenvalue weighted by Gasteiger charge is 2.09. The lowest BCUT2D eigenvalue weighted by Gasteiger charge is -1.96. The van der Waals surface area contributed by atoms with E-state index in [1.165, 1.54) is 11.3 Å². The van der Waals surface area contributed by atoms with E-state index in [-0.39, 0.29) is 0 Å². The van der Waals surface area contributed by atoms with Crippen LogP contribution in [0.5, 0.6) is 5.06 Å². The van der Waals surface area contributed by atoms with Crippen molar-refractivity contribution in [3.05, 3.63) is 17.5 Å². The van der Waals surface area contributed by atoms with Crippen LogP contribution in [-0.4, -0.2) is 17.0 Å². The van der Waals surface area contributed by atoms with Crippen molar-refractivity contribution in [1.29, 1.82) is 0 Å². The Labute approximate surface area is 72.4 Å². The Balaban J connectivity index is 2.42. The monoisotopic (exact) mass is 186 g/mol. The number of rotatable bonds is 3. The SMILES string of the molecule is O=C(O)CC(=O)Oc1cccs1. The third-order valence-corrected chi connectivity index (χ3v) is 1.75. The number of carbonyl (C=O) groups excluding carboxylic acids is 1. The van der Waals surface area contributed by atoms with Crippen LogP contribution in [0.25, 0.3) is 0 Å². The number of thiophene rings is 1. The van der Waals surface area contributed by atoms with Gasteiger partial charge in [0.25, 0.3) is 0 Å². The summed E-state index contributed by atoms with van der Waals surface area (Å²) in [6.45, 7) is 0. The van der Waals surface area contributed by atoms with Gasteiger partial charge >= 0.3 is 11.9 Å². The van der Waals surface area contributed by atoms with Crippen molar-refractivity contribution in [2.75, 3.05) is 0 Å². The first-order valence-corrected chi connectivity index (χ1v) is 4.02. The van der Waals surface area contributed by atoms with Gasteiger partial charge in [-0.15, -0.1) is 11.3 Å². The molecule has 1 heterocycles. The van der Waals surface area contributed by atoms with Gasteiger partial charge in [-0.3, -0.25) is 9.59 Å². The standard InChI is InChI=1S/C7H6O4S/c8-5(9)4-6(10)11-7-2-1-3-12-7/h1-3H,4H2,(H,8,9). The Kier molecular flexibility index (Phi) is 2.82. The van der Waals surface area contributed by atoms with Crippen LogP contribution in [0.2, 0.25) is 0 Å². The average Bonchev–Trinajstić information content (AvgIpc) is 2.37. The molecule has 0 saturated heterocycles. The van der Waals surface area contributed by atoms with Crippen LogP contribution < -0.4 is 4.74 Å². The van der Waals surface area contributed by atoms with E-state index in [0.29, 0.717) is 5.06 Å². The molecule has 0 unspecified atom stereocenters. The number of aliphatic carboxylic acids is 1. The molecule has 0 atom stereocenters. The van der Waals surface area contributed by atoms with Crippen molar-refractivity contribution in [3.63, 3.8) is 0 Å². The maximum Gasteiger partial charge on any atom is 0.323 e. The lowest BCUT2D eigenvalue weighted by molar-refractivity contribution is -0.145. The summed E-state index contributed by atoms with van der Waals surface area (Å²) < 4.78 is 4.66. The summed E-state index contributed by atoms with van der Waals surface area (Å²) >= 11 is 1.24. The maximum absolute atomic E-state index is 10.7. The Morgan fingerprint density at radius 1 is 1.58 bits per heavy atom. The molecule has 1 N–H and O–H groups in total. The molecule has 5 heteroatoms. The molecule has 0 aliphatic rings. The van der Waals surface area contributed by atoms with Crippen LogP contribution in [0.4, 0.5) is 0 Å². The molecule has 12 heavy (non-hydrogen) atoms. The highest BCUT2D eigenvalue weighted by atomic mass is 32.1. The predicted octanol–water partition coefficient (Wildman–Crippen LogP) is 1.13. The van der Waals surface area contributed by atoms with E-state index in [2.05, 4.69) is 4.74 Å². The average molecular weight is 186 g/mol. The van der Waals surface area contributed by atoms with E-state index in [1.54, 1.807) is 17.5 Å². The lowest BCUT2D eigenvalue weighted by atomic mass is 10.4. The first-order chi connectivity index (χ1) is 5.68. The maximum atomic E-state index is 10.7. The molecule has 0 aliphatic heterocycles. The summed E-state index contributed by atoms with van der Waals surface area (Å²) in [5, 5.41) is 10.4. The van der Waals surface area contributed by atoms with E-state index in [1.807, 2.05) is 0 Å². The molecular formula is C7H6O4S. The van der Waals surface area contributed by atoms with Crippen molar-refractivity contribution in [3.8, 4) is 5.06 Å². The summed E-state index contributed by atoms with van der Waals surface area (Å²) in [7, 11) is 0. The third kappa shape index (κ3) is 2.71. The fourth-order valence-corrected chi connectivity index (χ4v) is 1.18. The van der Waals surface area contributed by atoms with E-state index >= 15 is 0 Å². The van der Waals surface area contributed by atoms with E-state index in [4.69, 9.17) is 5.11 Å². The Morgan fingerprint density at radius 3 is 2.83 bits per heavy atom. The minimum atomic E-state index is -1.18. The van der Waals surface area contributed by atoms with Gasteiger partial charge in [0.1, 0.15) is 6.42 Å². The Hall–Kier alpha value is -1.36. The topological polar surface area (TPSA) is 63.6 Å². The second-order valence-corrected chi connectivity index (χ2v) is 2.89. The molecule has 0 radical (unpaired) electrons. The first-order valence-electron chi connectivity index (χ1n) is 3.14. The number of ether oxygens (including phenoxy) is 1. The van der Waals surface area contributed by atoms with Crippen LogP contribution in [0.1, 0.15) is 6.42 Å². The van der Waals surface area contributed by atoms with Gasteiger partial charge in [0, 0.05) is 0 Å². The molecule has 0 aliphatic carbocycles.